The molecule has 1 saturated heterocycles. The van der Waals surface area contributed by atoms with Gasteiger partial charge in [-0.1, -0.05) is 0 Å². The summed E-state index contributed by atoms with van der Waals surface area (Å²) in [6.45, 7) is 3.77. The summed E-state index contributed by atoms with van der Waals surface area (Å²) in [5.74, 6) is 0.881. The van der Waals surface area contributed by atoms with Crippen LogP contribution in [0.5, 0.6) is 0 Å². The lowest BCUT2D eigenvalue weighted by atomic mass is 10.1. The normalized spacial score (nSPS) is 14.4. The summed E-state index contributed by atoms with van der Waals surface area (Å²) in [5, 5.41) is 6.86. The average molecular weight is 423 g/mol. The fraction of sp³-hybridized carbons (Fsp3) is 0.238. The highest BCUT2D eigenvalue weighted by Gasteiger charge is 2.17. The molecule has 2 N–H and O–H groups in total. The van der Waals surface area contributed by atoms with Crippen molar-refractivity contribution in [2.45, 2.75) is 6.43 Å². The molecule has 0 spiro atoms. The zero-order valence-electron chi connectivity index (χ0n) is 16.4. The largest absolute Gasteiger partial charge is 0.472 e. The number of aromatic nitrogens is 4. The van der Waals surface area contributed by atoms with Gasteiger partial charge < -0.3 is 20.0 Å². The van der Waals surface area contributed by atoms with Gasteiger partial charge in [0.15, 0.2) is 0 Å². The molecule has 0 atom stereocenters. The third-order valence-electron chi connectivity index (χ3n) is 5.07. The number of hydrogen-bond acceptors (Lipinski definition) is 8. The Kier molecular flexibility index (Phi) is 5.13. The van der Waals surface area contributed by atoms with Crippen LogP contribution >= 0.6 is 0 Å². The molecule has 0 unspecified atom stereocenters. The number of nitrogens with zero attached hydrogens (tertiary/aromatic N) is 5. The molecule has 1 fully saturated rings. The Morgan fingerprint density at radius 3 is 2.65 bits per heavy atom. The van der Waals surface area contributed by atoms with E-state index < -0.39 is 6.43 Å². The fourth-order valence-corrected chi connectivity index (χ4v) is 3.52. The molecule has 158 valence electrons. The predicted octanol–water partition coefficient (Wildman–Crippen LogP) is 3.77. The van der Waals surface area contributed by atoms with Crippen LogP contribution in [0.25, 0.3) is 22.2 Å². The first-order valence-corrected chi connectivity index (χ1v) is 9.84. The second kappa shape index (κ2) is 8.23. The minimum absolute atomic E-state index is 0.297. The van der Waals surface area contributed by atoms with Crippen LogP contribution in [0, 0.1) is 0 Å². The second-order valence-electron chi connectivity index (χ2n) is 7.10. The highest BCUT2D eigenvalue weighted by Crippen LogP contribution is 2.30. The molecular weight excluding hydrogens is 404 g/mol. The van der Waals surface area contributed by atoms with Gasteiger partial charge in [-0.25, -0.2) is 28.7 Å². The van der Waals surface area contributed by atoms with Gasteiger partial charge in [0.2, 0.25) is 5.95 Å². The quantitative estimate of drug-likeness (QED) is 0.501. The molecule has 4 aromatic heterocycles. The van der Waals surface area contributed by atoms with Gasteiger partial charge in [-0.15, -0.1) is 0 Å². The van der Waals surface area contributed by atoms with Crippen LogP contribution in [0.3, 0.4) is 0 Å². The number of furan rings is 1. The molecule has 10 heteroatoms. The topological polar surface area (TPSA) is 92.0 Å². The number of hydrogen-bond donors (Lipinski definition) is 2. The van der Waals surface area contributed by atoms with Crippen molar-refractivity contribution in [3.05, 3.63) is 54.9 Å². The van der Waals surface area contributed by atoms with Crippen molar-refractivity contribution in [2.24, 2.45) is 0 Å². The summed E-state index contributed by atoms with van der Waals surface area (Å²) in [6, 6.07) is 6.81. The molecule has 5 rings (SSSR count). The molecule has 0 saturated carbocycles. The molecule has 4 aromatic rings. The zero-order chi connectivity index (χ0) is 21.2. The van der Waals surface area contributed by atoms with Crippen molar-refractivity contribution in [3.8, 4) is 11.3 Å². The van der Waals surface area contributed by atoms with E-state index in [1.54, 1.807) is 6.07 Å². The highest BCUT2D eigenvalue weighted by molar-refractivity contribution is 5.91. The van der Waals surface area contributed by atoms with E-state index >= 15 is 0 Å². The first kappa shape index (κ1) is 19.3. The third kappa shape index (κ3) is 4.02. The molecule has 0 bridgehead atoms. The van der Waals surface area contributed by atoms with E-state index in [1.807, 2.05) is 18.3 Å². The number of piperazine rings is 1. The Bertz CT molecular complexity index is 1180. The minimum Gasteiger partial charge on any atom is -0.472 e. The molecule has 8 nitrogen and oxygen atoms in total. The molecule has 5 heterocycles. The van der Waals surface area contributed by atoms with E-state index in [4.69, 9.17) is 4.42 Å². The van der Waals surface area contributed by atoms with Gasteiger partial charge in [-0.05, 0) is 24.3 Å². The molecule has 0 radical (unpaired) electrons. The fourth-order valence-electron chi connectivity index (χ4n) is 3.52. The van der Waals surface area contributed by atoms with Crippen LogP contribution in [0.15, 0.2) is 53.6 Å². The van der Waals surface area contributed by atoms with Crippen molar-refractivity contribution in [1.82, 2.24) is 25.3 Å². The van der Waals surface area contributed by atoms with Crippen molar-refractivity contribution in [2.75, 3.05) is 36.4 Å². The summed E-state index contributed by atoms with van der Waals surface area (Å²) < 4.78 is 31.7. The molecule has 0 aromatic carbocycles. The summed E-state index contributed by atoms with van der Waals surface area (Å²) in [4.78, 5) is 19.6. The summed E-state index contributed by atoms with van der Waals surface area (Å²) in [6.07, 6.45) is 3.51. The summed E-state index contributed by atoms with van der Waals surface area (Å²) >= 11 is 0. The van der Waals surface area contributed by atoms with Gasteiger partial charge in [0, 0.05) is 43.3 Å². The molecule has 1 aliphatic heterocycles. The van der Waals surface area contributed by atoms with Gasteiger partial charge in [-0.2, -0.15) is 0 Å². The van der Waals surface area contributed by atoms with E-state index in [-0.39, 0.29) is 5.69 Å². The number of rotatable bonds is 5. The smallest absolute Gasteiger partial charge is 0.280 e. The van der Waals surface area contributed by atoms with E-state index in [0.717, 1.165) is 31.9 Å². The molecular formula is C21H19F2N7O. The van der Waals surface area contributed by atoms with Crippen molar-refractivity contribution < 1.29 is 13.2 Å². The number of pyridine rings is 2. The SMILES string of the molecule is FC(F)c1cc2cnc(Nc3ccc(N4CCNCC4)cn3)nc2c(-c2ccoc2)n1. The van der Waals surface area contributed by atoms with E-state index in [1.165, 1.54) is 24.8 Å². The molecule has 0 aliphatic carbocycles. The lowest BCUT2D eigenvalue weighted by molar-refractivity contribution is 0.146. The molecule has 31 heavy (non-hydrogen) atoms. The first-order valence-electron chi connectivity index (χ1n) is 9.84. The maximum atomic E-state index is 13.3. The van der Waals surface area contributed by atoms with Crippen molar-refractivity contribution in [3.63, 3.8) is 0 Å². The molecule has 0 amide bonds. The minimum atomic E-state index is -2.70. The predicted molar refractivity (Wildman–Crippen MR) is 113 cm³/mol. The summed E-state index contributed by atoms with van der Waals surface area (Å²) in [5.41, 5.74) is 2.04. The average Bonchev–Trinajstić information content (AvgIpc) is 3.34. The van der Waals surface area contributed by atoms with Crippen LogP contribution in [0.4, 0.5) is 26.2 Å². The number of anilines is 3. The van der Waals surface area contributed by atoms with Crippen LogP contribution in [0.2, 0.25) is 0 Å². The third-order valence-corrected chi connectivity index (χ3v) is 5.07. The van der Waals surface area contributed by atoms with Gasteiger partial charge in [0.25, 0.3) is 6.43 Å². The van der Waals surface area contributed by atoms with Crippen LogP contribution in [0.1, 0.15) is 12.1 Å². The van der Waals surface area contributed by atoms with Crippen LogP contribution < -0.4 is 15.5 Å². The zero-order valence-corrected chi connectivity index (χ0v) is 16.4. The number of fused-ring (bicyclic) bond motifs is 1. The summed E-state index contributed by atoms with van der Waals surface area (Å²) in [7, 11) is 0. The van der Waals surface area contributed by atoms with Gasteiger partial charge in [-0.3, -0.25) is 0 Å². The number of nitrogens with one attached hydrogen (secondary N) is 2. The van der Waals surface area contributed by atoms with Crippen LogP contribution in [-0.2, 0) is 0 Å². The van der Waals surface area contributed by atoms with Crippen molar-refractivity contribution in [1.29, 1.82) is 0 Å². The van der Waals surface area contributed by atoms with Crippen molar-refractivity contribution >= 4 is 28.4 Å². The van der Waals surface area contributed by atoms with Crippen LogP contribution in [-0.4, -0.2) is 46.1 Å². The Hall–Kier alpha value is -3.66. The van der Waals surface area contributed by atoms with E-state index in [9.17, 15) is 8.78 Å². The highest BCUT2D eigenvalue weighted by atomic mass is 19.3. The lowest BCUT2D eigenvalue weighted by Crippen LogP contribution is -2.43. The second-order valence-corrected chi connectivity index (χ2v) is 7.10. The maximum Gasteiger partial charge on any atom is 0.280 e. The van der Waals surface area contributed by atoms with Gasteiger partial charge in [0.1, 0.15) is 22.7 Å². The first-order chi connectivity index (χ1) is 15.2. The Morgan fingerprint density at radius 2 is 1.94 bits per heavy atom. The number of alkyl halides is 2. The monoisotopic (exact) mass is 423 g/mol. The standard InChI is InChI=1S/C21H19F2N7O/c22-20(23)16-9-14-10-26-21(29-19(14)18(27-16)13-3-8-31-12-13)28-17-2-1-15(11-25-17)30-6-4-24-5-7-30/h1-3,8-12,20,24H,4-7H2,(H,25,26,28,29). The Labute approximate surface area is 176 Å². The molecule has 1 aliphatic rings. The lowest BCUT2D eigenvalue weighted by Gasteiger charge is -2.29. The Balaban J connectivity index is 1.45. The van der Waals surface area contributed by atoms with Gasteiger partial charge >= 0.3 is 0 Å². The van der Waals surface area contributed by atoms with E-state index in [0.29, 0.717) is 33.9 Å². The van der Waals surface area contributed by atoms with Gasteiger partial charge in [0.05, 0.1) is 24.4 Å². The van der Waals surface area contributed by atoms with E-state index in [2.05, 4.69) is 35.5 Å². The number of halogens is 2. The Morgan fingerprint density at radius 1 is 1.06 bits per heavy atom. The maximum absolute atomic E-state index is 13.3.